The van der Waals surface area contributed by atoms with Crippen LogP contribution in [0.25, 0.3) is 23.3 Å². The van der Waals surface area contributed by atoms with Crippen molar-refractivity contribution in [2.24, 2.45) is 0 Å². The van der Waals surface area contributed by atoms with Gasteiger partial charge in [0.15, 0.2) is 11.6 Å². The van der Waals surface area contributed by atoms with Crippen LogP contribution in [0.4, 0.5) is 0 Å². The van der Waals surface area contributed by atoms with E-state index in [1.807, 2.05) is 48.5 Å². The van der Waals surface area contributed by atoms with Crippen LogP contribution in [0.3, 0.4) is 0 Å². The second-order valence-corrected chi connectivity index (χ2v) is 14.6. The number of hydrogen-bond donors (Lipinski definition) is 4. The van der Waals surface area contributed by atoms with Crippen LogP contribution in [0.15, 0.2) is 73.1 Å². The van der Waals surface area contributed by atoms with Crippen LogP contribution < -0.4 is 10.6 Å². The second kappa shape index (κ2) is 21.6. The van der Waals surface area contributed by atoms with Gasteiger partial charge in [-0.25, -0.2) is 0 Å². The van der Waals surface area contributed by atoms with Crippen LogP contribution in [0.2, 0.25) is 19.8 Å². The Bertz CT molecular complexity index is 1230. The van der Waals surface area contributed by atoms with Gasteiger partial charge in [-0.3, -0.25) is 19.2 Å². The van der Waals surface area contributed by atoms with Crippen LogP contribution in [-0.2, 0) is 19.2 Å². The summed E-state index contributed by atoms with van der Waals surface area (Å²) in [6.07, 6.45) is 9.84. The Kier molecular flexibility index (Phi) is 18.9. The van der Waals surface area contributed by atoms with Crippen LogP contribution >= 0.6 is 0 Å². The van der Waals surface area contributed by atoms with Crippen LogP contribution in [0.1, 0.15) is 35.1 Å². The second-order valence-electron chi connectivity index (χ2n) is 8.88. The number of allylic oxidation sites excluding steroid dienone is 4. The summed E-state index contributed by atoms with van der Waals surface area (Å²) in [5.74, 6) is -1.87. The molecule has 0 aliphatic heterocycles. The van der Waals surface area contributed by atoms with Crippen molar-refractivity contribution in [1.29, 1.82) is 0 Å². The number of hydrogen-bond acceptors (Lipinski definition) is 6. The van der Waals surface area contributed by atoms with Crippen molar-refractivity contribution in [3.63, 3.8) is 0 Å². The van der Waals surface area contributed by atoms with Crippen LogP contribution in [0, 0.1) is 0 Å². The van der Waals surface area contributed by atoms with Gasteiger partial charge in [-0.15, -0.1) is 0 Å². The van der Waals surface area contributed by atoms with Gasteiger partial charge in [-0.2, -0.15) is 0 Å². The van der Waals surface area contributed by atoms with E-state index in [1.54, 1.807) is 24.6 Å². The Labute approximate surface area is 268 Å². The van der Waals surface area contributed by atoms with E-state index in [0.29, 0.717) is 24.2 Å². The summed E-state index contributed by atoms with van der Waals surface area (Å²) in [7, 11) is 0. The van der Waals surface area contributed by atoms with E-state index < -0.39 is 11.9 Å². The zero-order valence-electron chi connectivity index (χ0n) is 24.4. The zero-order valence-corrected chi connectivity index (χ0v) is 30.1. The average Bonchev–Trinajstić information content (AvgIpc) is 2.96. The first-order chi connectivity index (χ1) is 20.2. The molecule has 42 heavy (non-hydrogen) atoms. The number of carbonyl (C=O) groups excluding carboxylic acids is 2. The van der Waals surface area contributed by atoms with E-state index >= 15 is 0 Å². The van der Waals surface area contributed by atoms with Crippen molar-refractivity contribution in [1.82, 2.24) is 10.6 Å². The fourth-order valence-electron chi connectivity index (χ4n) is 3.56. The number of rotatable bonds is 8. The Hall–Kier alpha value is -3.12. The first-order valence-electron chi connectivity index (χ1n) is 13.3. The van der Waals surface area contributed by atoms with Gasteiger partial charge in [0.2, 0.25) is 0 Å². The molecule has 4 radical (unpaired) electrons. The molecular weight excluding hydrogens is 746 g/mol. The van der Waals surface area contributed by atoms with E-state index in [1.165, 1.54) is 12.2 Å². The van der Waals surface area contributed by atoms with Gasteiger partial charge in [0.1, 0.15) is 0 Å². The minimum atomic E-state index is -0.865. The van der Waals surface area contributed by atoms with Crippen molar-refractivity contribution < 1.29 is 29.4 Å². The number of carboxylic acids is 2. The molecule has 0 spiro atoms. The number of carbonyl (C=O) groups is 4. The van der Waals surface area contributed by atoms with Crippen LogP contribution in [-0.4, -0.2) is 89.1 Å². The number of aliphatic carboxylic acids is 2. The van der Waals surface area contributed by atoms with Crippen LogP contribution in [0.5, 0.6) is 0 Å². The number of fused-ring (bicyclic) bond motifs is 2. The molecule has 0 fully saturated rings. The summed E-state index contributed by atoms with van der Waals surface area (Å²) in [5, 5.41) is 22.8. The monoisotopic (exact) mass is 786 g/mol. The summed E-state index contributed by atoms with van der Waals surface area (Å²) in [6.45, 7) is 0.607. The first kappa shape index (κ1) is 36.9. The number of benzene rings is 2. The predicted molar refractivity (Wildman–Crippen MR) is 172 cm³/mol. The van der Waals surface area contributed by atoms with Crippen molar-refractivity contribution in [2.45, 2.75) is 32.6 Å². The molecule has 4 rings (SSSR count). The molecule has 2 aliphatic rings. The van der Waals surface area contributed by atoms with Crippen molar-refractivity contribution in [2.75, 3.05) is 13.1 Å². The Balaban J connectivity index is 0.000000354. The zero-order chi connectivity index (χ0) is 31.3. The molecule has 10 heteroatoms. The molecule has 0 heterocycles. The Morgan fingerprint density at radius 1 is 0.643 bits per heavy atom. The third-order valence-electron chi connectivity index (χ3n) is 5.32. The first-order valence-corrected chi connectivity index (χ1v) is 24.7. The standard InChI is InChI=1S/2C14H13NO3.4CH3.2Sn/c2*16-13-6-5-10-3-1-2-4-11(10)12(13)9-15-8-7-14(17)18;;;;;;/h2*1-6,9,15H,7-8H2,(H,17,18);4*1H3;;. The maximum atomic E-state index is 11.8. The quantitative estimate of drug-likeness (QED) is 0.168. The molecule has 4 N–H and O–H groups in total. The summed E-state index contributed by atoms with van der Waals surface area (Å²) in [5.41, 5.74) is 4.85. The Morgan fingerprint density at radius 2 is 0.976 bits per heavy atom. The number of ketones is 2. The maximum absolute atomic E-state index is 11.8. The molecule has 2 aromatic carbocycles. The molecular formula is C32H38N2O6Sn2. The molecule has 2 aliphatic carbocycles. The molecule has 0 atom stereocenters. The predicted octanol–water partition coefficient (Wildman–Crippen LogP) is 4.95. The summed E-state index contributed by atoms with van der Waals surface area (Å²) < 4.78 is 0. The van der Waals surface area contributed by atoms with E-state index in [2.05, 4.69) is 30.4 Å². The molecule has 0 aromatic heterocycles. The van der Waals surface area contributed by atoms with Gasteiger partial charge >= 0.3 is 74.0 Å². The minimum absolute atomic E-state index is 0.0233. The Morgan fingerprint density at radius 3 is 1.31 bits per heavy atom. The SMILES string of the molecule is O=C(O)CCNC=C1C(=O)C=Cc2ccccc21.O=C(O)CCNC=C1C(=O)C=Cc2ccccc21.[CH3][Sn][CH3].[CH3][Sn][CH3]. The van der Waals surface area contributed by atoms with E-state index in [0.717, 1.165) is 22.3 Å². The molecule has 0 bridgehead atoms. The molecule has 8 nitrogen and oxygen atoms in total. The molecule has 2 aromatic rings. The summed E-state index contributed by atoms with van der Waals surface area (Å²) in [6, 6.07) is 15.2. The van der Waals surface area contributed by atoms with Gasteiger partial charge in [0, 0.05) is 36.6 Å². The molecule has 0 unspecified atom stereocenters. The molecule has 0 amide bonds. The molecule has 0 saturated heterocycles. The normalized spacial score (nSPS) is 14.2. The summed E-state index contributed by atoms with van der Waals surface area (Å²) >= 11 is 0.460. The van der Waals surface area contributed by atoms with E-state index in [9.17, 15) is 19.2 Å². The van der Waals surface area contributed by atoms with Gasteiger partial charge in [0.25, 0.3) is 0 Å². The topological polar surface area (TPSA) is 133 Å². The third kappa shape index (κ3) is 13.7. The van der Waals surface area contributed by atoms with E-state index in [4.69, 9.17) is 10.2 Å². The number of nitrogens with one attached hydrogen (secondary N) is 2. The average molecular weight is 784 g/mol. The third-order valence-corrected chi connectivity index (χ3v) is 5.32. The van der Waals surface area contributed by atoms with Gasteiger partial charge in [-0.1, -0.05) is 60.7 Å². The fourth-order valence-corrected chi connectivity index (χ4v) is 3.56. The number of carboxylic acid groups (broad SMARTS) is 2. The van der Waals surface area contributed by atoms with Crippen molar-refractivity contribution in [3.8, 4) is 0 Å². The van der Waals surface area contributed by atoms with Crippen molar-refractivity contribution >= 4 is 89.1 Å². The summed E-state index contributed by atoms with van der Waals surface area (Å²) in [4.78, 5) is 53.5. The fraction of sp³-hybridized carbons (Fsp3) is 0.250. The molecule has 220 valence electrons. The van der Waals surface area contributed by atoms with Gasteiger partial charge in [0.05, 0.1) is 12.8 Å². The van der Waals surface area contributed by atoms with Gasteiger partial charge < -0.3 is 20.8 Å². The van der Waals surface area contributed by atoms with E-state index in [-0.39, 0.29) is 66.7 Å². The van der Waals surface area contributed by atoms with Crippen molar-refractivity contribution in [3.05, 3.63) is 95.3 Å². The molecule has 0 saturated carbocycles. The van der Waals surface area contributed by atoms with Gasteiger partial charge in [-0.05, 0) is 34.4 Å².